The number of hydrogen-bond donors (Lipinski definition) is 1. The molecular formula is C20H33N. The first-order valence-corrected chi connectivity index (χ1v) is 9.10. The number of rotatable bonds is 7. The van der Waals surface area contributed by atoms with Crippen molar-refractivity contribution in [3.63, 3.8) is 0 Å². The maximum Gasteiger partial charge on any atom is 0.0348 e. The van der Waals surface area contributed by atoms with Gasteiger partial charge in [-0.2, -0.15) is 0 Å². The van der Waals surface area contributed by atoms with Crippen molar-refractivity contribution in [3.8, 4) is 0 Å². The summed E-state index contributed by atoms with van der Waals surface area (Å²) in [4.78, 5) is 0. The predicted molar refractivity (Wildman–Crippen MR) is 92.6 cm³/mol. The van der Waals surface area contributed by atoms with Crippen molar-refractivity contribution in [2.24, 2.45) is 11.8 Å². The van der Waals surface area contributed by atoms with Crippen LogP contribution in [-0.2, 0) is 6.42 Å². The van der Waals surface area contributed by atoms with Gasteiger partial charge in [0.2, 0.25) is 0 Å². The molecule has 1 atom stereocenters. The smallest absolute Gasteiger partial charge is 0.0348 e. The Morgan fingerprint density at radius 1 is 1.10 bits per heavy atom. The number of nitrogens with one attached hydrogen (secondary N) is 1. The Labute approximate surface area is 131 Å². The van der Waals surface area contributed by atoms with Crippen LogP contribution in [0.4, 0.5) is 0 Å². The molecule has 1 heteroatoms. The third-order valence-corrected chi connectivity index (χ3v) is 5.27. The van der Waals surface area contributed by atoms with Crippen LogP contribution in [-0.4, -0.2) is 6.54 Å². The van der Waals surface area contributed by atoms with Crippen LogP contribution in [0.3, 0.4) is 0 Å². The zero-order valence-electron chi connectivity index (χ0n) is 14.2. The highest BCUT2D eigenvalue weighted by Gasteiger charge is 2.27. The molecule has 1 fully saturated rings. The summed E-state index contributed by atoms with van der Waals surface area (Å²) in [5.41, 5.74) is 2.99. The lowest BCUT2D eigenvalue weighted by Gasteiger charge is -2.34. The lowest BCUT2D eigenvalue weighted by molar-refractivity contribution is 0.218. The summed E-state index contributed by atoms with van der Waals surface area (Å²) in [5, 5.41) is 3.84. The highest BCUT2D eigenvalue weighted by Crippen LogP contribution is 2.38. The van der Waals surface area contributed by atoms with Crippen LogP contribution in [0.25, 0.3) is 0 Å². The van der Waals surface area contributed by atoms with Gasteiger partial charge in [-0.3, -0.25) is 0 Å². The van der Waals surface area contributed by atoms with Gasteiger partial charge in [0, 0.05) is 6.04 Å². The van der Waals surface area contributed by atoms with Crippen LogP contribution < -0.4 is 5.32 Å². The molecule has 1 aliphatic carbocycles. The largest absolute Gasteiger partial charge is 0.310 e. The molecule has 0 amide bonds. The normalized spacial score (nSPS) is 24.0. The van der Waals surface area contributed by atoms with Crippen molar-refractivity contribution in [2.75, 3.05) is 6.54 Å². The van der Waals surface area contributed by atoms with Gasteiger partial charge < -0.3 is 5.32 Å². The third kappa shape index (κ3) is 4.57. The fourth-order valence-corrected chi connectivity index (χ4v) is 3.79. The summed E-state index contributed by atoms with van der Waals surface area (Å²) in [7, 11) is 0. The van der Waals surface area contributed by atoms with Gasteiger partial charge in [0.25, 0.3) is 0 Å². The zero-order chi connectivity index (χ0) is 15.1. The SMILES string of the molecule is CCCNC(c1cccc(CC)c1)C1CCC(CC)CC1. The molecule has 1 unspecified atom stereocenters. The zero-order valence-corrected chi connectivity index (χ0v) is 14.2. The molecule has 1 nitrogen and oxygen atoms in total. The van der Waals surface area contributed by atoms with E-state index in [1.165, 1.54) is 49.7 Å². The molecule has 0 aliphatic heterocycles. The van der Waals surface area contributed by atoms with E-state index >= 15 is 0 Å². The topological polar surface area (TPSA) is 12.0 Å². The molecule has 0 bridgehead atoms. The third-order valence-electron chi connectivity index (χ3n) is 5.27. The molecule has 0 aromatic heterocycles. The molecule has 1 saturated carbocycles. The molecular weight excluding hydrogens is 254 g/mol. The summed E-state index contributed by atoms with van der Waals surface area (Å²) >= 11 is 0. The fourth-order valence-electron chi connectivity index (χ4n) is 3.79. The Morgan fingerprint density at radius 2 is 1.86 bits per heavy atom. The van der Waals surface area contributed by atoms with Crippen LogP contribution in [0.2, 0.25) is 0 Å². The van der Waals surface area contributed by atoms with Crippen molar-refractivity contribution in [1.82, 2.24) is 5.32 Å². The van der Waals surface area contributed by atoms with E-state index in [4.69, 9.17) is 0 Å². The van der Waals surface area contributed by atoms with Crippen molar-refractivity contribution >= 4 is 0 Å². The molecule has 118 valence electrons. The second-order valence-electron chi connectivity index (χ2n) is 6.72. The molecule has 1 aromatic rings. The summed E-state index contributed by atoms with van der Waals surface area (Å²) < 4.78 is 0. The molecule has 0 saturated heterocycles. The summed E-state index contributed by atoms with van der Waals surface area (Å²) in [6.07, 6.45) is 9.38. The molecule has 0 spiro atoms. The summed E-state index contributed by atoms with van der Waals surface area (Å²) in [6, 6.07) is 9.83. The van der Waals surface area contributed by atoms with Crippen LogP contribution in [0.15, 0.2) is 24.3 Å². The van der Waals surface area contributed by atoms with Gasteiger partial charge in [-0.1, -0.05) is 64.3 Å². The monoisotopic (exact) mass is 287 g/mol. The summed E-state index contributed by atoms with van der Waals surface area (Å²) in [6.45, 7) is 8.00. The first-order valence-electron chi connectivity index (χ1n) is 9.10. The minimum absolute atomic E-state index is 0.564. The van der Waals surface area contributed by atoms with Gasteiger partial charge in [-0.05, 0) is 55.2 Å². The highest BCUT2D eigenvalue weighted by atomic mass is 14.9. The van der Waals surface area contributed by atoms with E-state index in [2.05, 4.69) is 50.4 Å². The second kappa shape index (κ2) is 8.58. The first kappa shape index (κ1) is 16.5. The first-order chi connectivity index (χ1) is 10.3. The minimum atomic E-state index is 0.564. The van der Waals surface area contributed by atoms with Crippen LogP contribution >= 0.6 is 0 Å². The number of benzene rings is 1. The highest BCUT2D eigenvalue weighted by molar-refractivity contribution is 5.26. The fraction of sp³-hybridized carbons (Fsp3) is 0.700. The average Bonchev–Trinajstić information content (AvgIpc) is 2.56. The van der Waals surface area contributed by atoms with Gasteiger partial charge in [0.1, 0.15) is 0 Å². The van der Waals surface area contributed by atoms with Crippen molar-refractivity contribution < 1.29 is 0 Å². The van der Waals surface area contributed by atoms with E-state index in [1.54, 1.807) is 0 Å². The molecule has 1 aromatic carbocycles. The van der Waals surface area contributed by atoms with Crippen molar-refractivity contribution in [3.05, 3.63) is 35.4 Å². The summed E-state index contributed by atoms with van der Waals surface area (Å²) in [5.74, 6) is 1.81. The Hall–Kier alpha value is -0.820. The number of hydrogen-bond acceptors (Lipinski definition) is 1. The molecule has 0 heterocycles. The Morgan fingerprint density at radius 3 is 2.48 bits per heavy atom. The van der Waals surface area contributed by atoms with Gasteiger partial charge >= 0.3 is 0 Å². The lowest BCUT2D eigenvalue weighted by Crippen LogP contribution is -2.31. The van der Waals surface area contributed by atoms with Crippen LogP contribution in [0.1, 0.15) is 76.5 Å². The molecule has 1 aliphatic rings. The standard InChI is InChI=1S/C20H33N/c1-4-14-21-20(18-12-10-16(5-2)11-13-18)19-9-7-8-17(6-3)15-19/h7-9,15-16,18,20-21H,4-6,10-14H2,1-3H3. The average molecular weight is 287 g/mol. The van der Waals surface area contributed by atoms with Crippen LogP contribution in [0.5, 0.6) is 0 Å². The Balaban J connectivity index is 2.10. The Kier molecular flexibility index (Phi) is 6.76. The lowest BCUT2D eigenvalue weighted by atomic mass is 9.76. The number of aryl methyl sites for hydroxylation is 1. The maximum atomic E-state index is 3.84. The quantitative estimate of drug-likeness (QED) is 0.697. The van der Waals surface area contributed by atoms with Gasteiger partial charge in [-0.15, -0.1) is 0 Å². The second-order valence-corrected chi connectivity index (χ2v) is 6.72. The van der Waals surface area contributed by atoms with E-state index in [1.807, 2.05) is 0 Å². The van der Waals surface area contributed by atoms with Gasteiger partial charge in [0.15, 0.2) is 0 Å². The van der Waals surface area contributed by atoms with Crippen molar-refractivity contribution in [2.45, 2.75) is 71.8 Å². The molecule has 0 radical (unpaired) electrons. The Bertz CT molecular complexity index is 404. The van der Waals surface area contributed by atoms with Crippen molar-refractivity contribution in [1.29, 1.82) is 0 Å². The van der Waals surface area contributed by atoms with Gasteiger partial charge in [0.05, 0.1) is 0 Å². The molecule has 21 heavy (non-hydrogen) atoms. The van der Waals surface area contributed by atoms with E-state index < -0.39 is 0 Å². The van der Waals surface area contributed by atoms with E-state index in [0.29, 0.717) is 6.04 Å². The van der Waals surface area contributed by atoms with E-state index in [-0.39, 0.29) is 0 Å². The van der Waals surface area contributed by atoms with E-state index in [9.17, 15) is 0 Å². The van der Waals surface area contributed by atoms with E-state index in [0.717, 1.165) is 24.8 Å². The predicted octanol–water partition coefficient (Wildman–Crippen LogP) is 5.51. The minimum Gasteiger partial charge on any atom is -0.310 e. The molecule has 2 rings (SSSR count). The van der Waals surface area contributed by atoms with Gasteiger partial charge in [-0.25, -0.2) is 0 Å². The van der Waals surface area contributed by atoms with Crippen LogP contribution in [0, 0.1) is 11.8 Å². The molecule has 1 N–H and O–H groups in total. The maximum absolute atomic E-state index is 3.84.